The zero-order chi connectivity index (χ0) is 14.2. The van der Waals surface area contributed by atoms with Crippen LogP contribution in [-0.2, 0) is 6.42 Å². The summed E-state index contributed by atoms with van der Waals surface area (Å²) in [5.74, 6) is 0. The van der Waals surface area contributed by atoms with Gasteiger partial charge >= 0.3 is 0 Å². The molecule has 112 valence electrons. The summed E-state index contributed by atoms with van der Waals surface area (Å²) in [6.45, 7) is 4.48. The van der Waals surface area contributed by atoms with Crippen LogP contribution in [0.15, 0.2) is 30.3 Å². The predicted octanol–water partition coefficient (Wildman–Crippen LogP) is 3.47. The van der Waals surface area contributed by atoms with Gasteiger partial charge in [-0.25, -0.2) is 0 Å². The zero-order valence-electron chi connectivity index (χ0n) is 13.1. The number of nitrogens with one attached hydrogen (secondary N) is 1. The predicted molar refractivity (Wildman–Crippen MR) is 87.1 cm³/mol. The van der Waals surface area contributed by atoms with Crippen LogP contribution >= 0.6 is 0 Å². The summed E-state index contributed by atoms with van der Waals surface area (Å²) >= 11 is 0. The molecule has 1 aromatic rings. The summed E-state index contributed by atoms with van der Waals surface area (Å²) in [4.78, 5) is 2.59. The molecule has 2 atom stereocenters. The fourth-order valence-corrected chi connectivity index (χ4v) is 3.43. The van der Waals surface area contributed by atoms with Crippen LogP contribution in [0.3, 0.4) is 0 Å². The third-order valence-corrected chi connectivity index (χ3v) is 4.61. The van der Waals surface area contributed by atoms with Crippen molar-refractivity contribution in [3.8, 4) is 0 Å². The normalized spacial score (nSPS) is 23.8. The SMILES string of the molecule is CCNC1CCCCCC1N(C)CCc1ccccc1. The molecule has 2 nitrogen and oxygen atoms in total. The van der Waals surface area contributed by atoms with Gasteiger partial charge in [0.15, 0.2) is 0 Å². The molecule has 2 rings (SSSR count). The minimum absolute atomic E-state index is 0.684. The van der Waals surface area contributed by atoms with Crippen molar-refractivity contribution in [2.45, 2.75) is 57.5 Å². The molecule has 20 heavy (non-hydrogen) atoms. The second-order valence-electron chi connectivity index (χ2n) is 6.09. The first-order valence-corrected chi connectivity index (χ1v) is 8.29. The molecule has 1 saturated carbocycles. The zero-order valence-corrected chi connectivity index (χ0v) is 13.1. The highest BCUT2D eigenvalue weighted by Crippen LogP contribution is 2.22. The Hall–Kier alpha value is -0.860. The van der Waals surface area contributed by atoms with Crippen molar-refractivity contribution in [3.63, 3.8) is 0 Å². The number of hydrogen-bond acceptors (Lipinski definition) is 2. The quantitative estimate of drug-likeness (QED) is 0.799. The summed E-state index contributed by atoms with van der Waals surface area (Å²) in [6.07, 6.45) is 8.04. The molecular weight excluding hydrogens is 244 g/mol. The standard InChI is InChI=1S/C18H30N2/c1-3-19-17-12-8-5-9-13-18(17)20(2)15-14-16-10-6-4-7-11-16/h4,6-7,10-11,17-19H,3,5,8-9,12-15H2,1-2H3. The van der Waals surface area contributed by atoms with E-state index in [0.29, 0.717) is 12.1 Å². The van der Waals surface area contributed by atoms with Crippen LogP contribution in [0.25, 0.3) is 0 Å². The van der Waals surface area contributed by atoms with Crippen LogP contribution in [0.2, 0.25) is 0 Å². The van der Waals surface area contributed by atoms with E-state index >= 15 is 0 Å². The molecule has 2 heteroatoms. The number of benzene rings is 1. The summed E-state index contributed by atoms with van der Waals surface area (Å²) in [5.41, 5.74) is 1.45. The Labute approximate surface area is 124 Å². The molecule has 0 aromatic heterocycles. The average molecular weight is 274 g/mol. The number of nitrogens with zero attached hydrogens (tertiary/aromatic N) is 1. The molecule has 0 saturated heterocycles. The van der Waals surface area contributed by atoms with Gasteiger partial charge < -0.3 is 10.2 Å². The highest BCUT2D eigenvalue weighted by molar-refractivity contribution is 5.14. The molecule has 1 N–H and O–H groups in total. The van der Waals surface area contributed by atoms with Gasteiger partial charge in [-0.05, 0) is 38.4 Å². The van der Waals surface area contributed by atoms with Gasteiger partial charge in [-0.3, -0.25) is 0 Å². The molecule has 1 aliphatic carbocycles. The molecule has 1 aromatic carbocycles. The first kappa shape index (κ1) is 15.5. The monoisotopic (exact) mass is 274 g/mol. The van der Waals surface area contributed by atoms with Crippen molar-refractivity contribution >= 4 is 0 Å². The van der Waals surface area contributed by atoms with E-state index in [0.717, 1.165) is 19.5 Å². The van der Waals surface area contributed by atoms with Gasteiger partial charge in [0, 0.05) is 18.6 Å². The highest BCUT2D eigenvalue weighted by atomic mass is 15.2. The van der Waals surface area contributed by atoms with Crippen molar-refractivity contribution in [2.24, 2.45) is 0 Å². The van der Waals surface area contributed by atoms with Gasteiger partial charge in [0.05, 0.1) is 0 Å². The van der Waals surface area contributed by atoms with E-state index in [1.54, 1.807) is 0 Å². The first-order chi connectivity index (χ1) is 9.81. The van der Waals surface area contributed by atoms with Gasteiger partial charge in [0.25, 0.3) is 0 Å². The van der Waals surface area contributed by atoms with Crippen molar-refractivity contribution in [3.05, 3.63) is 35.9 Å². The third kappa shape index (κ3) is 4.60. The van der Waals surface area contributed by atoms with E-state index in [2.05, 4.69) is 54.5 Å². The van der Waals surface area contributed by atoms with Crippen LogP contribution in [0.4, 0.5) is 0 Å². The first-order valence-electron chi connectivity index (χ1n) is 8.29. The fraction of sp³-hybridized carbons (Fsp3) is 0.667. The molecule has 2 unspecified atom stereocenters. The van der Waals surface area contributed by atoms with Gasteiger partial charge in [-0.15, -0.1) is 0 Å². The number of rotatable bonds is 6. The van der Waals surface area contributed by atoms with E-state index in [-0.39, 0.29) is 0 Å². The smallest absolute Gasteiger partial charge is 0.0246 e. The van der Waals surface area contributed by atoms with E-state index < -0.39 is 0 Å². The van der Waals surface area contributed by atoms with Crippen LogP contribution in [0.5, 0.6) is 0 Å². The minimum Gasteiger partial charge on any atom is -0.313 e. The number of hydrogen-bond donors (Lipinski definition) is 1. The minimum atomic E-state index is 0.684. The molecule has 0 heterocycles. The third-order valence-electron chi connectivity index (χ3n) is 4.61. The van der Waals surface area contributed by atoms with Crippen LogP contribution in [0, 0.1) is 0 Å². The van der Waals surface area contributed by atoms with E-state index in [1.807, 2.05) is 0 Å². The molecule has 0 radical (unpaired) electrons. The van der Waals surface area contributed by atoms with Crippen LogP contribution < -0.4 is 5.32 Å². The van der Waals surface area contributed by atoms with Crippen molar-refractivity contribution < 1.29 is 0 Å². The van der Waals surface area contributed by atoms with Gasteiger partial charge in [-0.2, -0.15) is 0 Å². The van der Waals surface area contributed by atoms with Gasteiger partial charge in [-0.1, -0.05) is 56.5 Å². The molecule has 0 spiro atoms. The maximum atomic E-state index is 3.71. The molecule has 0 amide bonds. The maximum absolute atomic E-state index is 3.71. The molecular formula is C18H30N2. The maximum Gasteiger partial charge on any atom is 0.0246 e. The van der Waals surface area contributed by atoms with Gasteiger partial charge in [0.2, 0.25) is 0 Å². The van der Waals surface area contributed by atoms with E-state index in [1.165, 1.54) is 37.7 Å². The summed E-state index contributed by atoms with van der Waals surface area (Å²) < 4.78 is 0. The average Bonchev–Trinajstić information content (AvgIpc) is 2.72. The Morgan fingerprint density at radius 2 is 1.85 bits per heavy atom. The lowest BCUT2D eigenvalue weighted by Gasteiger charge is -2.34. The topological polar surface area (TPSA) is 15.3 Å². The highest BCUT2D eigenvalue weighted by Gasteiger charge is 2.25. The summed E-state index contributed by atoms with van der Waals surface area (Å²) in [5, 5.41) is 3.71. The van der Waals surface area contributed by atoms with Gasteiger partial charge in [0.1, 0.15) is 0 Å². The lowest BCUT2D eigenvalue weighted by molar-refractivity contribution is 0.184. The van der Waals surface area contributed by atoms with Crippen LogP contribution in [0.1, 0.15) is 44.6 Å². The molecule has 1 fully saturated rings. The lowest BCUT2D eigenvalue weighted by atomic mass is 10.0. The number of likely N-dealkylation sites (N-methyl/N-ethyl adjacent to an activating group) is 2. The van der Waals surface area contributed by atoms with Crippen molar-refractivity contribution in [1.29, 1.82) is 0 Å². The van der Waals surface area contributed by atoms with Crippen molar-refractivity contribution in [2.75, 3.05) is 20.1 Å². The Morgan fingerprint density at radius 1 is 1.10 bits per heavy atom. The fourth-order valence-electron chi connectivity index (χ4n) is 3.43. The Morgan fingerprint density at radius 3 is 2.60 bits per heavy atom. The molecule has 0 bridgehead atoms. The van der Waals surface area contributed by atoms with Crippen molar-refractivity contribution in [1.82, 2.24) is 10.2 Å². The Bertz CT molecular complexity index is 363. The lowest BCUT2D eigenvalue weighted by Crippen LogP contribution is -2.48. The summed E-state index contributed by atoms with van der Waals surface area (Å²) in [7, 11) is 2.31. The van der Waals surface area contributed by atoms with Crippen LogP contribution in [-0.4, -0.2) is 37.1 Å². The second kappa shape index (κ2) is 8.43. The summed E-state index contributed by atoms with van der Waals surface area (Å²) in [6, 6.07) is 12.3. The molecule has 0 aliphatic heterocycles. The Kier molecular flexibility index (Phi) is 6.55. The van der Waals surface area contributed by atoms with E-state index in [4.69, 9.17) is 0 Å². The molecule has 1 aliphatic rings. The Balaban J connectivity index is 1.89. The van der Waals surface area contributed by atoms with E-state index in [9.17, 15) is 0 Å². The second-order valence-corrected chi connectivity index (χ2v) is 6.09. The largest absolute Gasteiger partial charge is 0.313 e.